The minimum absolute atomic E-state index is 0.0358. The van der Waals surface area contributed by atoms with E-state index in [4.69, 9.17) is 5.11 Å². The third-order valence-corrected chi connectivity index (χ3v) is 3.02. The Morgan fingerprint density at radius 2 is 2.40 bits per heavy atom. The first-order valence-corrected chi connectivity index (χ1v) is 5.50. The van der Waals surface area contributed by atoms with Gasteiger partial charge in [0.15, 0.2) is 0 Å². The van der Waals surface area contributed by atoms with Gasteiger partial charge in [0, 0.05) is 13.1 Å². The van der Waals surface area contributed by atoms with Crippen LogP contribution in [0.15, 0.2) is 12.4 Å². The maximum absolute atomic E-state index is 8.98. The van der Waals surface area contributed by atoms with Gasteiger partial charge in [-0.05, 0) is 12.3 Å². The summed E-state index contributed by atoms with van der Waals surface area (Å²) in [4.78, 5) is 10.7. The number of aliphatic hydroxyl groups is 1. The van der Waals surface area contributed by atoms with Crippen LogP contribution in [0.25, 0.3) is 0 Å². The Balaban J connectivity index is 2.09. The second-order valence-electron chi connectivity index (χ2n) is 4.04. The van der Waals surface area contributed by atoms with Gasteiger partial charge >= 0.3 is 0 Å². The van der Waals surface area contributed by atoms with Crippen molar-refractivity contribution in [3.05, 3.63) is 18.1 Å². The van der Waals surface area contributed by atoms with Crippen molar-refractivity contribution in [1.29, 1.82) is 0 Å². The van der Waals surface area contributed by atoms with E-state index in [0.29, 0.717) is 5.69 Å². The number of anilines is 1. The van der Waals surface area contributed by atoms with Crippen molar-refractivity contribution in [1.82, 2.24) is 9.97 Å². The Morgan fingerprint density at radius 1 is 1.53 bits per heavy atom. The highest BCUT2D eigenvalue weighted by atomic mass is 16.3. The van der Waals surface area contributed by atoms with E-state index in [-0.39, 0.29) is 6.61 Å². The first-order valence-electron chi connectivity index (χ1n) is 5.50. The van der Waals surface area contributed by atoms with Crippen LogP contribution in [0.5, 0.6) is 0 Å². The summed E-state index contributed by atoms with van der Waals surface area (Å²) >= 11 is 0. The third-order valence-electron chi connectivity index (χ3n) is 3.02. The van der Waals surface area contributed by atoms with Gasteiger partial charge in [0.1, 0.15) is 5.82 Å². The van der Waals surface area contributed by atoms with Crippen LogP contribution in [0.2, 0.25) is 0 Å². The van der Waals surface area contributed by atoms with Gasteiger partial charge in [0.05, 0.1) is 24.7 Å². The van der Waals surface area contributed by atoms with Gasteiger partial charge < -0.3 is 10.0 Å². The SMILES string of the molecule is CCC1CCN(c2cncc(CO)n2)C1. The zero-order valence-electron chi connectivity index (χ0n) is 9.06. The van der Waals surface area contributed by atoms with Gasteiger partial charge in [0.2, 0.25) is 0 Å². The lowest BCUT2D eigenvalue weighted by atomic mass is 10.1. The molecule has 0 aliphatic carbocycles. The molecule has 15 heavy (non-hydrogen) atoms. The lowest BCUT2D eigenvalue weighted by Crippen LogP contribution is -2.21. The molecule has 0 spiro atoms. The van der Waals surface area contributed by atoms with E-state index in [2.05, 4.69) is 21.8 Å². The highest BCUT2D eigenvalue weighted by molar-refractivity contribution is 5.37. The minimum Gasteiger partial charge on any atom is -0.390 e. The lowest BCUT2D eigenvalue weighted by molar-refractivity contribution is 0.276. The first-order chi connectivity index (χ1) is 7.33. The van der Waals surface area contributed by atoms with Crippen molar-refractivity contribution >= 4 is 5.82 Å². The monoisotopic (exact) mass is 207 g/mol. The van der Waals surface area contributed by atoms with Crippen LogP contribution in [0, 0.1) is 5.92 Å². The molecule has 2 heterocycles. The number of aliphatic hydroxyl groups excluding tert-OH is 1. The molecule has 0 bridgehead atoms. The topological polar surface area (TPSA) is 49.2 Å². The van der Waals surface area contributed by atoms with E-state index >= 15 is 0 Å². The van der Waals surface area contributed by atoms with E-state index in [9.17, 15) is 0 Å². The zero-order valence-corrected chi connectivity index (χ0v) is 9.06. The fourth-order valence-electron chi connectivity index (χ4n) is 2.00. The van der Waals surface area contributed by atoms with Crippen LogP contribution in [0.4, 0.5) is 5.82 Å². The summed E-state index contributed by atoms with van der Waals surface area (Å²) in [6, 6.07) is 0. The Hall–Kier alpha value is -1.16. The molecule has 1 atom stereocenters. The molecule has 1 saturated heterocycles. The third kappa shape index (κ3) is 2.26. The van der Waals surface area contributed by atoms with Crippen LogP contribution in [-0.4, -0.2) is 28.2 Å². The van der Waals surface area contributed by atoms with Crippen LogP contribution in [0.1, 0.15) is 25.5 Å². The number of nitrogens with zero attached hydrogens (tertiary/aromatic N) is 3. The highest BCUT2D eigenvalue weighted by Crippen LogP contribution is 2.23. The lowest BCUT2D eigenvalue weighted by Gasteiger charge is -2.17. The van der Waals surface area contributed by atoms with Crippen molar-refractivity contribution < 1.29 is 5.11 Å². The van der Waals surface area contributed by atoms with Crippen LogP contribution >= 0.6 is 0 Å². The summed E-state index contributed by atoms with van der Waals surface area (Å²) in [7, 11) is 0. The molecule has 0 aromatic carbocycles. The summed E-state index contributed by atoms with van der Waals surface area (Å²) in [5, 5.41) is 8.98. The predicted molar refractivity (Wildman–Crippen MR) is 58.6 cm³/mol. The van der Waals surface area contributed by atoms with Crippen molar-refractivity contribution in [2.24, 2.45) is 5.92 Å². The Kier molecular flexibility index (Phi) is 3.16. The van der Waals surface area contributed by atoms with E-state index in [1.54, 1.807) is 12.4 Å². The van der Waals surface area contributed by atoms with Crippen LogP contribution in [-0.2, 0) is 6.61 Å². The van der Waals surface area contributed by atoms with E-state index in [0.717, 1.165) is 24.8 Å². The highest BCUT2D eigenvalue weighted by Gasteiger charge is 2.22. The summed E-state index contributed by atoms with van der Waals surface area (Å²) in [5.41, 5.74) is 0.646. The van der Waals surface area contributed by atoms with Crippen LogP contribution < -0.4 is 4.90 Å². The van der Waals surface area contributed by atoms with Crippen molar-refractivity contribution in [2.75, 3.05) is 18.0 Å². The maximum atomic E-state index is 8.98. The molecule has 4 nitrogen and oxygen atoms in total. The van der Waals surface area contributed by atoms with Crippen molar-refractivity contribution in [3.8, 4) is 0 Å². The second-order valence-corrected chi connectivity index (χ2v) is 4.04. The Morgan fingerprint density at radius 3 is 3.07 bits per heavy atom. The number of aromatic nitrogens is 2. The standard InChI is InChI=1S/C11H17N3O/c1-2-9-3-4-14(7-9)11-6-12-5-10(8-15)13-11/h5-6,9,15H,2-4,7-8H2,1H3. The molecule has 0 radical (unpaired) electrons. The predicted octanol–water partition coefficient (Wildman–Crippen LogP) is 1.21. The number of hydrogen-bond donors (Lipinski definition) is 1. The molecular weight excluding hydrogens is 190 g/mol. The molecular formula is C11H17N3O. The molecule has 82 valence electrons. The van der Waals surface area contributed by atoms with Crippen LogP contribution in [0.3, 0.4) is 0 Å². The summed E-state index contributed by atoms with van der Waals surface area (Å²) in [5.74, 6) is 1.68. The molecule has 1 aliphatic heterocycles. The van der Waals surface area contributed by atoms with Crippen molar-refractivity contribution in [2.45, 2.75) is 26.4 Å². The average molecular weight is 207 g/mol. The van der Waals surface area contributed by atoms with Gasteiger partial charge in [-0.25, -0.2) is 4.98 Å². The van der Waals surface area contributed by atoms with Gasteiger partial charge in [-0.2, -0.15) is 0 Å². The summed E-state index contributed by atoms with van der Waals surface area (Å²) in [6.45, 7) is 4.32. The molecule has 1 fully saturated rings. The number of hydrogen-bond acceptors (Lipinski definition) is 4. The molecule has 1 N–H and O–H groups in total. The van der Waals surface area contributed by atoms with Gasteiger partial charge in [-0.1, -0.05) is 13.3 Å². The molecule has 2 rings (SSSR count). The van der Waals surface area contributed by atoms with E-state index in [1.165, 1.54) is 12.8 Å². The summed E-state index contributed by atoms with van der Waals surface area (Å²) in [6.07, 6.45) is 5.85. The molecule has 1 unspecified atom stereocenters. The zero-order chi connectivity index (χ0) is 10.7. The molecule has 0 amide bonds. The van der Waals surface area contributed by atoms with Gasteiger partial charge in [-0.15, -0.1) is 0 Å². The van der Waals surface area contributed by atoms with E-state index < -0.39 is 0 Å². The average Bonchev–Trinajstić information content (AvgIpc) is 2.78. The smallest absolute Gasteiger partial charge is 0.147 e. The fraction of sp³-hybridized carbons (Fsp3) is 0.636. The van der Waals surface area contributed by atoms with Gasteiger partial charge in [-0.3, -0.25) is 4.98 Å². The molecule has 1 aromatic heterocycles. The Labute approximate surface area is 90.0 Å². The molecule has 1 aliphatic rings. The largest absolute Gasteiger partial charge is 0.390 e. The van der Waals surface area contributed by atoms with Crippen molar-refractivity contribution in [3.63, 3.8) is 0 Å². The van der Waals surface area contributed by atoms with E-state index in [1.807, 2.05) is 0 Å². The summed E-state index contributed by atoms with van der Waals surface area (Å²) < 4.78 is 0. The first kappa shape index (κ1) is 10.4. The molecule has 4 heteroatoms. The quantitative estimate of drug-likeness (QED) is 0.809. The fourth-order valence-corrected chi connectivity index (χ4v) is 2.00. The normalized spacial score (nSPS) is 20.9. The number of rotatable bonds is 3. The van der Waals surface area contributed by atoms with Gasteiger partial charge in [0.25, 0.3) is 0 Å². The second kappa shape index (κ2) is 4.57. The maximum Gasteiger partial charge on any atom is 0.147 e. The molecule has 0 saturated carbocycles. The Bertz CT molecular complexity index is 329. The minimum atomic E-state index is -0.0358. The molecule has 1 aromatic rings.